The minimum atomic E-state index is -2.47. The molecule has 1 heterocycles. The van der Waals surface area contributed by atoms with Crippen LogP contribution in [0.3, 0.4) is 0 Å². The Hall–Kier alpha value is -1.51. The summed E-state index contributed by atoms with van der Waals surface area (Å²) in [6.07, 6.45) is -1.37. The summed E-state index contributed by atoms with van der Waals surface area (Å²) in [6.45, 7) is -0.519. The summed E-state index contributed by atoms with van der Waals surface area (Å²) in [7, 11) is 0. The molecule has 0 saturated carbocycles. The number of hydrogen-bond acceptors (Lipinski definition) is 3. The zero-order chi connectivity index (χ0) is 8.27. The fourth-order valence-corrected chi connectivity index (χ4v) is 0.575. The first kappa shape index (κ1) is 7.60. The van der Waals surface area contributed by atoms with Crippen molar-refractivity contribution in [1.29, 1.82) is 5.26 Å². The highest BCUT2D eigenvalue weighted by Crippen LogP contribution is 1.96. The van der Waals surface area contributed by atoms with Crippen molar-refractivity contribution in [3.63, 3.8) is 0 Å². The van der Waals surface area contributed by atoms with E-state index in [4.69, 9.17) is 5.26 Å². The summed E-state index contributed by atoms with van der Waals surface area (Å²) in [6, 6.07) is 1.63. The minimum absolute atomic E-state index is 0.0920. The minimum Gasteiger partial charge on any atom is -0.246 e. The summed E-state index contributed by atoms with van der Waals surface area (Å²) in [5.74, 6) is -0.0920. The third-order valence-corrected chi connectivity index (χ3v) is 0.962. The number of aromatic nitrogens is 3. The Balaban J connectivity index is 2.67. The molecule has 58 valence electrons. The molecular weight excluding hydrogens is 154 g/mol. The molecule has 6 heteroatoms. The Labute approximate surface area is 61.1 Å². The van der Waals surface area contributed by atoms with Crippen molar-refractivity contribution >= 4 is 0 Å². The second-order valence-corrected chi connectivity index (χ2v) is 1.79. The van der Waals surface area contributed by atoms with Crippen LogP contribution in [-0.4, -0.2) is 21.2 Å². The van der Waals surface area contributed by atoms with E-state index in [0.717, 1.165) is 11.0 Å². The summed E-state index contributed by atoms with van der Waals surface area (Å²) in [5.41, 5.74) is 0. The number of halogens is 2. The van der Waals surface area contributed by atoms with E-state index >= 15 is 0 Å². The summed E-state index contributed by atoms with van der Waals surface area (Å²) >= 11 is 0. The van der Waals surface area contributed by atoms with Crippen molar-refractivity contribution in [3.8, 4) is 6.07 Å². The van der Waals surface area contributed by atoms with Gasteiger partial charge in [0.05, 0.1) is 0 Å². The highest BCUT2D eigenvalue weighted by molar-refractivity contribution is 5.05. The van der Waals surface area contributed by atoms with E-state index in [-0.39, 0.29) is 5.82 Å². The van der Waals surface area contributed by atoms with Gasteiger partial charge in [-0.2, -0.15) is 5.26 Å². The lowest BCUT2D eigenvalue weighted by atomic mass is 10.7. The van der Waals surface area contributed by atoms with E-state index in [9.17, 15) is 8.78 Å². The Morgan fingerprint density at radius 3 is 2.91 bits per heavy atom. The van der Waals surface area contributed by atoms with Gasteiger partial charge >= 0.3 is 0 Å². The fraction of sp³-hybridized carbons (Fsp3) is 0.400. The molecule has 0 aliphatic carbocycles. The number of rotatable bonds is 2. The second kappa shape index (κ2) is 3.05. The third kappa shape index (κ3) is 1.97. The quantitative estimate of drug-likeness (QED) is 0.626. The summed E-state index contributed by atoms with van der Waals surface area (Å²) < 4.78 is 24.3. The van der Waals surface area contributed by atoms with Crippen LogP contribution in [0.2, 0.25) is 0 Å². The second-order valence-electron chi connectivity index (χ2n) is 1.79. The average molecular weight is 158 g/mol. The molecule has 0 amide bonds. The van der Waals surface area contributed by atoms with Crippen LogP contribution in [0, 0.1) is 11.3 Å². The van der Waals surface area contributed by atoms with Crippen LogP contribution in [0.4, 0.5) is 8.78 Å². The molecule has 0 atom stereocenters. The van der Waals surface area contributed by atoms with Crippen molar-refractivity contribution in [3.05, 3.63) is 12.2 Å². The van der Waals surface area contributed by atoms with Gasteiger partial charge in [0.1, 0.15) is 18.9 Å². The molecule has 1 rings (SSSR count). The molecule has 0 unspecified atom stereocenters. The van der Waals surface area contributed by atoms with E-state index in [2.05, 4.69) is 10.1 Å². The zero-order valence-corrected chi connectivity index (χ0v) is 5.41. The number of hydrogen-bond donors (Lipinski definition) is 0. The average Bonchev–Trinajstić information content (AvgIpc) is 2.34. The van der Waals surface area contributed by atoms with E-state index in [1.807, 2.05) is 0 Å². The molecular formula is C5H4F2N4. The van der Waals surface area contributed by atoms with Gasteiger partial charge in [-0.25, -0.2) is 18.4 Å². The van der Waals surface area contributed by atoms with E-state index in [1.165, 1.54) is 0 Å². The van der Waals surface area contributed by atoms with Gasteiger partial charge in [-0.15, -0.1) is 5.10 Å². The topological polar surface area (TPSA) is 54.5 Å². The lowest BCUT2D eigenvalue weighted by Gasteiger charge is -1.95. The monoisotopic (exact) mass is 158 g/mol. The molecule has 4 nitrogen and oxygen atoms in total. The van der Waals surface area contributed by atoms with Gasteiger partial charge in [-0.3, -0.25) is 0 Å². The predicted octanol–water partition coefficient (Wildman–Crippen LogP) is 0.415. The Kier molecular flexibility index (Phi) is 2.11. The molecule has 0 radical (unpaired) electrons. The Bertz CT molecular complexity index is 274. The van der Waals surface area contributed by atoms with Crippen molar-refractivity contribution in [2.45, 2.75) is 13.0 Å². The van der Waals surface area contributed by atoms with E-state index < -0.39 is 13.0 Å². The van der Waals surface area contributed by atoms with Gasteiger partial charge in [0.15, 0.2) is 0 Å². The fourth-order valence-electron chi connectivity index (χ4n) is 0.575. The standard InChI is InChI=1S/C5H4F2N4/c6-4(7)2-11-3-9-5(1-8)10-11/h3-4H,2H2. The lowest BCUT2D eigenvalue weighted by molar-refractivity contribution is 0.121. The van der Waals surface area contributed by atoms with Crippen molar-refractivity contribution in [2.24, 2.45) is 0 Å². The Morgan fingerprint density at radius 1 is 1.73 bits per heavy atom. The zero-order valence-electron chi connectivity index (χ0n) is 5.41. The predicted molar refractivity (Wildman–Crippen MR) is 30.7 cm³/mol. The molecule has 0 N–H and O–H groups in total. The number of alkyl halides is 2. The van der Waals surface area contributed by atoms with Gasteiger partial charge in [0.25, 0.3) is 12.2 Å². The third-order valence-electron chi connectivity index (χ3n) is 0.962. The normalized spacial score (nSPS) is 10.0. The first-order valence-corrected chi connectivity index (χ1v) is 2.80. The molecule has 1 aromatic rings. The van der Waals surface area contributed by atoms with Crippen molar-refractivity contribution < 1.29 is 8.78 Å². The molecule has 0 spiro atoms. The van der Waals surface area contributed by atoms with Gasteiger partial charge in [-0.05, 0) is 0 Å². The molecule has 1 aromatic heterocycles. The van der Waals surface area contributed by atoms with Crippen LogP contribution in [0.5, 0.6) is 0 Å². The summed E-state index contributed by atoms with van der Waals surface area (Å²) in [4.78, 5) is 3.45. The van der Waals surface area contributed by atoms with Crippen LogP contribution in [0.15, 0.2) is 6.33 Å². The van der Waals surface area contributed by atoms with Crippen LogP contribution in [0.1, 0.15) is 5.82 Å². The Morgan fingerprint density at radius 2 is 2.45 bits per heavy atom. The van der Waals surface area contributed by atoms with Gasteiger partial charge < -0.3 is 0 Å². The van der Waals surface area contributed by atoms with Crippen LogP contribution in [-0.2, 0) is 6.54 Å². The molecule has 0 aliphatic heterocycles. The highest BCUT2D eigenvalue weighted by Gasteiger charge is 2.05. The van der Waals surface area contributed by atoms with Crippen LogP contribution < -0.4 is 0 Å². The largest absolute Gasteiger partial charge is 0.257 e. The number of nitriles is 1. The molecule has 0 fully saturated rings. The molecule has 0 bridgehead atoms. The molecule has 0 aliphatic rings. The van der Waals surface area contributed by atoms with E-state index in [0.29, 0.717) is 0 Å². The highest BCUT2D eigenvalue weighted by atomic mass is 19.3. The number of nitrogens with zero attached hydrogens (tertiary/aromatic N) is 4. The van der Waals surface area contributed by atoms with Crippen molar-refractivity contribution in [2.75, 3.05) is 0 Å². The maximum atomic E-state index is 11.7. The molecule has 0 aromatic carbocycles. The van der Waals surface area contributed by atoms with Crippen LogP contribution >= 0.6 is 0 Å². The first-order chi connectivity index (χ1) is 5.22. The lowest BCUT2D eigenvalue weighted by Crippen LogP contribution is -2.06. The van der Waals surface area contributed by atoms with Crippen LogP contribution in [0.25, 0.3) is 0 Å². The maximum absolute atomic E-state index is 11.7. The van der Waals surface area contributed by atoms with Gasteiger partial charge in [0.2, 0.25) is 0 Å². The summed E-state index contributed by atoms with van der Waals surface area (Å²) in [5, 5.41) is 11.6. The molecule has 0 saturated heterocycles. The van der Waals surface area contributed by atoms with Gasteiger partial charge in [0, 0.05) is 0 Å². The SMILES string of the molecule is N#Cc1ncn(CC(F)F)n1. The molecule has 11 heavy (non-hydrogen) atoms. The maximum Gasteiger partial charge on any atom is 0.257 e. The smallest absolute Gasteiger partial charge is 0.246 e. The van der Waals surface area contributed by atoms with Gasteiger partial charge in [-0.1, -0.05) is 0 Å². The van der Waals surface area contributed by atoms with Crippen molar-refractivity contribution in [1.82, 2.24) is 14.8 Å². The van der Waals surface area contributed by atoms with E-state index in [1.54, 1.807) is 6.07 Å². The first-order valence-electron chi connectivity index (χ1n) is 2.80.